The molecule has 0 unspecified atom stereocenters. The van der Waals surface area contributed by atoms with Gasteiger partial charge in [-0.3, -0.25) is 0 Å². The summed E-state index contributed by atoms with van der Waals surface area (Å²) in [5.74, 6) is 1.19. The van der Waals surface area contributed by atoms with E-state index < -0.39 is 0 Å². The Hall–Kier alpha value is -2.01. The molecule has 0 amide bonds. The third-order valence-electron chi connectivity index (χ3n) is 3.62. The van der Waals surface area contributed by atoms with E-state index in [2.05, 4.69) is 5.10 Å². The van der Waals surface area contributed by atoms with E-state index in [0.717, 1.165) is 23.4 Å². The quantitative estimate of drug-likeness (QED) is 0.696. The average molecular weight is 362 g/mol. The van der Waals surface area contributed by atoms with E-state index in [-0.39, 0.29) is 0 Å². The van der Waals surface area contributed by atoms with Crippen molar-refractivity contribution >= 4 is 23.2 Å². The zero-order valence-corrected chi connectivity index (χ0v) is 14.7. The van der Waals surface area contributed by atoms with Crippen LogP contribution in [0, 0.1) is 0 Å². The molecule has 0 bridgehead atoms. The predicted molar refractivity (Wildman–Crippen MR) is 97.4 cm³/mol. The molecule has 3 rings (SSSR count). The topological polar surface area (TPSA) is 53.1 Å². The Balaban J connectivity index is 2.12. The summed E-state index contributed by atoms with van der Waals surface area (Å²) in [4.78, 5) is 0. The number of nitrogens with zero attached hydrogens (tertiary/aromatic N) is 2. The number of rotatable bonds is 5. The molecule has 2 N–H and O–H groups in total. The van der Waals surface area contributed by atoms with Gasteiger partial charge in [0.05, 0.1) is 11.4 Å². The molecule has 6 heteroatoms. The third-order valence-corrected chi connectivity index (χ3v) is 4.05. The molecule has 4 nitrogen and oxygen atoms in total. The van der Waals surface area contributed by atoms with Crippen molar-refractivity contribution in [2.75, 3.05) is 0 Å². The van der Waals surface area contributed by atoms with Crippen molar-refractivity contribution in [2.45, 2.75) is 19.9 Å². The Kier molecular flexibility index (Phi) is 5.09. The number of aromatic nitrogens is 2. The molecule has 1 heterocycles. The fourth-order valence-electron chi connectivity index (χ4n) is 2.55. The maximum atomic E-state index is 6.11. The van der Waals surface area contributed by atoms with E-state index in [1.165, 1.54) is 0 Å². The van der Waals surface area contributed by atoms with Crippen molar-refractivity contribution in [1.82, 2.24) is 9.78 Å². The van der Waals surface area contributed by atoms with Gasteiger partial charge in [-0.05, 0) is 36.8 Å². The second-order valence-electron chi connectivity index (χ2n) is 5.24. The van der Waals surface area contributed by atoms with Crippen LogP contribution in [0.25, 0.3) is 5.69 Å². The summed E-state index contributed by atoms with van der Waals surface area (Å²) in [6.07, 6.45) is 0.753. The van der Waals surface area contributed by atoms with Gasteiger partial charge < -0.3 is 10.5 Å². The van der Waals surface area contributed by atoms with Crippen LogP contribution in [0.3, 0.4) is 0 Å². The summed E-state index contributed by atoms with van der Waals surface area (Å²) < 4.78 is 7.87. The van der Waals surface area contributed by atoms with Gasteiger partial charge in [-0.1, -0.05) is 48.3 Å². The van der Waals surface area contributed by atoms with Crippen LogP contribution in [0.1, 0.15) is 18.2 Å². The summed E-state index contributed by atoms with van der Waals surface area (Å²) >= 11 is 12.1. The van der Waals surface area contributed by atoms with Crippen LogP contribution in [0.5, 0.6) is 11.6 Å². The lowest BCUT2D eigenvalue weighted by atomic mass is 10.2. The molecule has 24 heavy (non-hydrogen) atoms. The lowest BCUT2D eigenvalue weighted by molar-refractivity contribution is 0.440. The highest BCUT2D eigenvalue weighted by Crippen LogP contribution is 2.33. The first-order valence-electron chi connectivity index (χ1n) is 7.62. The molecule has 0 aliphatic rings. The van der Waals surface area contributed by atoms with E-state index in [4.69, 9.17) is 33.7 Å². The zero-order chi connectivity index (χ0) is 17.1. The highest BCUT2D eigenvalue weighted by atomic mass is 35.5. The highest BCUT2D eigenvalue weighted by molar-refractivity contribution is 6.34. The van der Waals surface area contributed by atoms with Crippen LogP contribution in [0.15, 0.2) is 48.5 Å². The Labute approximate surface area is 150 Å². The van der Waals surface area contributed by atoms with E-state index >= 15 is 0 Å². The lowest BCUT2D eigenvalue weighted by Crippen LogP contribution is -2.02. The zero-order valence-electron chi connectivity index (χ0n) is 13.2. The van der Waals surface area contributed by atoms with Gasteiger partial charge >= 0.3 is 0 Å². The normalized spacial score (nSPS) is 10.8. The number of para-hydroxylation sites is 1. The first-order chi connectivity index (χ1) is 11.6. The first kappa shape index (κ1) is 16.8. The molecule has 0 aliphatic carbocycles. The van der Waals surface area contributed by atoms with Gasteiger partial charge in [0, 0.05) is 22.2 Å². The summed E-state index contributed by atoms with van der Waals surface area (Å²) in [5.41, 5.74) is 8.53. The smallest absolute Gasteiger partial charge is 0.226 e. The average Bonchev–Trinajstić information content (AvgIpc) is 2.92. The van der Waals surface area contributed by atoms with Gasteiger partial charge in [-0.25, -0.2) is 4.68 Å². The third kappa shape index (κ3) is 3.41. The molecular formula is C18H17Cl2N3O. The SMILES string of the molecule is CCc1c(CN)nn(-c2ccccc2)c1Oc1cc(Cl)cc(Cl)c1. The predicted octanol–water partition coefficient (Wildman–Crippen LogP) is 4.99. The molecule has 3 aromatic rings. The van der Waals surface area contributed by atoms with Gasteiger partial charge in [0.1, 0.15) is 5.75 Å². The summed E-state index contributed by atoms with van der Waals surface area (Å²) in [6.45, 7) is 2.39. The fourth-order valence-corrected chi connectivity index (χ4v) is 3.05. The second-order valence-corrected chi connectivity index (χ2v) is 6.12. The maximum absolute atomic E-state index is 6.11. The van der Waals surface area contributed by atoms with E-state index in [0.29, 0.717) is 28.2 Å². The Morgan fingerprint density at radius 1 is 1.08 bits per heavy atom. The summed E-state index contributed by atoms with van der Waals surface area (Å²) in [5, 5.41) is 5.64. The number of ether oxygens (including phenoxy) is 1. The minimum Gasteiger partial charge on any atom is -0.438 e. The summed E-state index contributed by atoms with van der Waals surface area (Å²) in [7, 11) is 0. The van der Waals surface area contributed by atoms with Gasteiger partial charge in [0.2, 0.25) is 5.88 Å². The molecule has 0 saturated carbocycles. The van der Waals surface area contributed by atoms with Crippen LogP contribution in [-0.4, -0.2) is 9.78 Å². The van der Waals surface area contributed by atoms with E-state index in [1.54, 1.807) is 22.9 Å². The number of hydrogen-bond donors (Lipinski definition) is 1. The van der Waals surface area contributed by atoms with Crippen LogP contribution in [-0.2, 0) is 13.0 Å². The highest BCUT2D eigenvalue weighted by Gasteiger charge is 2.19. The summed E-state index contributed by atoms with van der Waals surface area (Å²) in [6, 6.07) is 14.9. The van der Waals surface area contributed by atoms with Crippen LogP contribution in [0.2, 0.25) is 10.0 Å². The molecule has 124 valence electrons. The fraction of sp³-hybridized carbons (Fsp3) is 0.167. The minimum atomic E-state index is 0.343. The van der Waals surface area contributed by atoms with Crippen molar-refractivity contribution in [3.05, 3.63) is 69.8 Å². The number of hydrogen-bond acceptors (Lipinski definition) is 3. The molecule has 0 atom stereocenters. The Morgan fingerprint density at radius 3 is 2.33 bits per heavy atom. The molecule has 1 aromatic heterocycles. The van der Waals surface area contributed by atoms with Crippen molar-refractivity contribution < 1.29 is 4.74 Å². The molecule has 0 spiro atoms. The van der Waals surface area contributed by atoms with Crippen molar-refractivity contribution in [1.29, 1.82) is 0 Å². The largest absolute Gasteiger partial charge is 0.438 e. The van der Waals surface area contributed by atoms with Crippen LogP contribution >= 0.6 is 23.2 Å². The molecule has 0 radical (unpaired) electrons. The standard InChI is InChI=1S/C18H17Cl2N3O/c1-2-16-17(11-21)22-23(14-6-4-3-5-7-14)18(16)24-15-9-12(19)8-13(20)10-15/h3-10H,2,11,21H2,1H3. The molecule has 0 saturated heterocycles. The van der Waals surface area contributed by atoms with Crippen molar-refractivity contribution in [3.8, 4) is 17.3 Å². The van der Waals surface area contributed by atoms with Crippen LogP contribution < -0.4 is 10.5 Å². The molecule has 0 aliphatic heterocycles. The van der Waals surface area contributed by atoms with Gasteiger partial charge in [-0.15, -0.1) is 0 Å². The second kappa shape index (κ2) is 7.26. The van der Waals surface area contributed by atoms with Gasteiger partial charge in [-0.2, -0.15) is 5.10 Å². The molecular weight excluding hydrogens is 345 g/mol. The lowest BCUT2D eigenvalue weighted by Gasteiger charge is -2.11. The molecule has 0 fully saturated rings. The van der Waals surface area contributed by atoms with Gasteiger partial charge in [0.25, 0.3) is 0 Å². The van der Waals surface area contributed by atoms with Crippen molar-refractivity contribution in [3.63, 3.8) is 0 Å². The van der Waals surface area contributed by atoms with Crippen LogP contribution in [0.4, 0.5) is 0 Å². The monoisotopic (exact) mass is 361 g/mol. The Bertz CT molecular complexity index is 827. The van der Waals surface area contributed by atoms with Gasteiger partial charge in [0.15, 0.2) is 0 Å². The number of benzene rings is 2. The maximum Gasteiger partial charge on any atom is 0.226 e. The minimum absolute atomic E-state index is 0.343. The number of halogens is 2. The number of nitrogens with two attached hydrogens (primary N) is 1. The van der Waals surface area contributed by atoms with Crippen molar-refractivity contribution in [2.24, 2.45) is 5.73 Å². The van der Waals surface area contributed by atoms with E-state index in [1.807, 2.05) is 37.3 Å². The molecule has 2 aromatic carbocycles. The first-order valence-corrected chi connectivity index (χ1v) is 8.38. The van der Waals surface area contributed by atoms with E-state index in [9.17, 15) is 0 Å². The Morgan fingerprint density at radius 2 is 1.75 bits per heavy atom.